The summed E-state index contributed by atoms with van der Waals surface area (Å²) in [5, 5.41) is 67.6. The summed E-state index contributed by atoms with van der Waals surface area (Å²) in [5.41, 5.74) is 32.5. The van der Waals surface area contributed by atoms with Crippen LogP contribution in [0.4, 0.5) is 40.3 Å². The molecule has 1 amide bonds. The Balaban J connectivity index is 0.000000295. The molecule has 7 heterocycles. The summed E-state index contributed by atoms with van der Waals surface area (Å²) in [6, 6.07) is 61.9. The van der Waals surface area contributed by atoms with Crippen molar-refractivity contribution in [3.63, 3.8) is 0 Å². The second kappa shape index (κ2) is 59.0. The number of aryl methyl sites for hydroxylation is 4. The number of carbonyl (C=O) groups excluding carboxylic acids is 3. The predicted octanol–water partition coefficient (Wildman–Crippen LogP) is 14.5. The van der Waals surface area contributed by atoms with E-state index in [-0.39, 0.29) is 86.4 Å². The van der Waals surface area contributed by atoms with E-state index in [2.05, 4.69) is 129 Å². The second-order valence-electron chi connectivity index (χ2n) is 32.5. The number of carboxylic acids is 1. The van der Waals surface area contributed by atoms with Gasteiger partial charge >= 0.3 is 29.0 Å². The van der Waals surface area contributed by atoms with Gasteiger partial charge in [-0.2, -0.15) is 38.8 Å². The van der Waals surface area contributed by atoms with Gasteiger partial charge in [-0.05, 0) is 243 Å². The van der Waals surface area contributed by atoms with E-state index in [0.717, 1.165) is 55.2 Å². The number of carboxylic acid groups (broad SMARTS) is 1. The van der Waals surface area contributed by atoms with Crippen LogP contribution >= 0.6 is 21.4 Å². The summed E-state index contributed by atoms with van der Waals surface area (Å²) in [6.45, 7) is 32.1. The van der Waals surface area contributed by atoms with Crippen molar-refractivity contribution in [2.45, 2.75) is 111 Å². The number of aldehydes is 1. The van der Waals surface area contributed by atoms with Gasteiger partial charge in [0.05, 0.1) is 63.7 Å². The number of carbonyl (C=O) groups is 4. The molecule has 39 heteroatoms. The molecule has 1 aliphatic carbocycles. The molecule has 1 fully saturated rings. The summed E-state index contributed by atoms with van der Waals surface area (Å²) >= 11 is 0. The number of nitrogens with zero attached hydrogens (tertiary/aromatic N) is 13. The minimum atomic E-state index is -1.67. The van der Waals surface area contributed by atoms with Crippen LogP contribution in [0.25, 0.3) is 21.9 Å². The zero-order valence-corrected chi connectivity index (χ0v) is 85.6. The molecule has 3 atom stereocenters. The van der Waals surface area contributed by atoms with Crippen LogP contribution in [0.3, 0.4) is 0 Å². The van der Waals surface area contributed by atoms with Crippen LogP contribution in [0.1, 0.15) is 147 Å². The number of hydrogen-bond donors (Lipinski definition) is 10. The maximum absolute atomic E-state index is 14.6. The Kier molecular flexibility index (Phi) is 49.7. The van der Waals surface area contributed by atoms with E-state index in [1.54, 1.807) is 195 Å². The number of aromatic carboxylic acids is 1. The van der Waals surface area contributed by atoms with Gasteiger partial charge in [-0.25, -0.2) is 45.5 Å². The monoisotopic (exact) mass is 2060 g/mol. The normalized spacial score (nSPS) is 11.6. The first kappa shape index (κ1) is 117. The fourth-order valence-corrected chi connectivity index (χ4v) is 23.3. The summed E-state index contributed by atoms with van der Waals surface area (Å²) in [6.07, 6.45) is 14.2. The van der Waals surface area contributed by atoms with Crippen molar-refractivity contribution in [3.8, 4) is 23.1 Å². The number of amides is 1. The Morgan fingerprint density at radius 3 is 1.47 bits per heavy atom. The van der Waals surface area contributed by atoms with Gasteiger partial charge in [0.25, 0.3) is 5.91 Å². The second-order valence-corrected chi connectivity index (χ2v) is 45.0. The molecule has 14 aromatic rings. The van der Waals surface area contributed by atoms with E-state index >= 15 is 0 Å². The standard InChI is InChI=1S/C26H24FN3O2.C24H18FN5O2.C12H11FN2O.C12H21FNSi2.C12H9N3O2.C6H5NO.C4H13N3.C4H9N.BrH.Cl2OS.Mg/c1-3-18-5-4-6-22(14-18)30-24(13-17(2)29-30)25(31)16-21-15-20(7-8-23(21)27)26(32)19-9-11-28-12-10-19;1-15-12-22(30(29-15)19-5-3-4-18(14-19)26-2)24(32)28-21-13-17(6-7-20(21)25)23(31)16-8-10-27-11-9-16;13-10-2-1-9(7-11(10)14)12(16)8-3-5-15-6-4-8;1-15(2,3)14(16(4,5)6)12-10-8-7-9-11(12)13;1-8-5-11(12(16)17)15(14-8)10-4-2-3-9(6-10)7-13;8-5-6-1-3-7-4-2-6;5-1-3-7-4-2-6;5-3-4-1-2-4;;1-4(2)3;/h4-15,26,32H,3,16H2,1-2H3;3-14,23,31H,1H3,(H,28,32);1-7,12,16H,14H2;7,9-10H,1-6H3;2-6H,1H3,(H,16,17);1-5H;7H,1-6H2;4H,1-3,5H2;1H;;/q;;;-1;;;;;;;+2/p-1. The molecular formula is C100H110BrCl2F4MgN19O9SSi2. The average molecular weight is 2060 g/mol. The number of hydrogen-bond acceptors (Lipinski definition) is 22. The van der Waals surface area contributed by atoms with Crippen molar-refractivity contribution in [2.24, 2.45) is 23.1 Å². The number of nitriles is 1. The molecule has 28 nitrogen and oxygen atoms in total. The third-order valence-electron chi connectivity index (χ3n) is 19.8. The molecular weight excluding hydrogens is 1950 g/mol. The van der Waals surface area contributed by atoms with E-state index in [0.29, 0.717) is 97.4 Å². The number of anilines is 3. The smallest absolute Gasteiger partial charge is 1.00 e. The molecule has 139 heavy (non-hydrogen) atoms. The average Bonchev–Trinajstić information content (AvgIpc) is 1.72. The first-order chi connectivity index (χ1) is 65.4. The number of nitrogens with one attached hydrogen (secondary N) is 2. The van der Waals surface area contributed by atoms with Crippen molar-refractivity contribution in [1.82, 2.24) is 54.6 Å². The van der Waals surface area contributed by atoms with Crippen LogP contribution in [0, 0.1) is 73.9 Å². The first-order valence-electron chi connectivity index (χ1n) is 43.0. The van der Waals surface area contributed by atoms with Crippen molar-refractivity contribution >= 4 is 117 Å². The first-order valence-corrected chi connectivity index (χ1v) is 52.7. The number of aliphatic hydroxyl groups excluding tert-OH is 3. The van der Waals surface area contributed by atoms with Crippen molar-refractivity contribution < 1.29 is 78.4 Å². The Bertz CT molecular complexity index is 6350. The fourth-order valence-electron chi connectivity index (χ4n) is 13.4. The van der Waals surface area contributed by atoms with E-state index < -0.39 is 73.3 Å². The van der Waals surface area contributed by atoms with Gasteiger partial charge < -0.3 is 75.2 Å². The maximum Gasteiger partial charge on any atom is 2.00 e. The molecule has 7 aromatic carbocycles. The number of nitrogens with two attached hydrogens (primary N) is 4. The number of Topliss-reactive ketones (excluding diaryl/α,β-unsaturated/α-hetero) is 1. The van der Waals surface area contributed by atoms with Gasteiger partial charge in [-0.3, -0.25) is 34.3 Å². The number of benzene rings is 7. The van der Waals surface area contributed by atoms with Gasteiger partial charge in [0.15, 0.2) is 17.2 Å². The van der Waals surface area contributed by atoms with Crippen molar-refractivity contribution in [1.29, 1.82) is 5.26 Å². The zero-order valence-electron chi connectivity index (χ0n) is 78.3. The number of halogens is 7. The molecule has 1 saturated carbocycles. The quantitative estimate of drug-likeness (QED) is 0.00371. The molecule has 0 bridgehead atoms. The Hall–Kier alpha value is -12.5. The van der Waals surface area contributed by atoms with Gasteiger partial charge in [0, 0.05) is 115 Å². The summed E-state index contributed by atoms with van der Waals surface area (Å²) in [7, 11) is 4.24. The van der Waals surface area contributed by atoms with Crippen LogP contribution in [0.2, 0.25) is 39.3 Å². The number of aromatic nitrogens is 10. The summed E-state index contributed by atoms with van der Waals surface area (Å²) in [4.78, 5) is 66.1. The van der Waals surface area contributed by atoms with E-state index in [1.165, 1.54) is 82.9 Å². The molecule has 1 aliphatic rings. The van der Waals surface area contributed by atoms with Gasteiger partial charge in [-0.1, -0.05) is 100 Å². The Morgan fingerprint density at radius 2 is 1.04 bits per heavy atom. The topological polar surface area (TPSA) is 431 Å². The largest absolute Gasteiger partial charge is 2.00 e. The third kappa shape index (κ3) is 38.0. The molecule has 0 aliphatic heterocycles. The zero-order chi connectivity index (χ0) is 100. The molecule has 3 unspecified atom stereocenters. The molecule has 0 saturated heterocycles. The van der Waals surface area contributed by atoms with Crippen LogP contribution in [-0.2, 0) is 22.1 Å². The number of nitrogen functional groups attached to an aromatic ring is 1. The van der Waals surface area contributed by atoms with Crippen LogP contribution in [-0.4, -0.2) is 170 Å². The van der Waals surface area contributed by atoms with Crippen molar-refractivity contribution in [3.05, 3.63) is 392 Å². The molecule has 14 N–H and O–H groups in total. The van der Waals surface area contributed by atoms with Crippen molar-refractivity contribution in [2.75, 3.05) is 48.0 Å². The Morgan fingerprint density at radius 1 is 0.597 bits per heavy atom. The van der Waals surface area contributed by atoms with Crippen LogP contribution in [0.15, 0.2) is 262 Å². The molecule has 15 rings (SSSR count). The fraction of sp³-hybridized carbons (Fsp3) is 0.230. The molecule has 0 spiro atoms. The maximum atomic E-state index is 14.6. The SMILES string of the molecule is CCc1cccc(-n2nc(C)cc2C(=O)Cc2cc(C(O)c3ccncc3)ccc2F)c1.C[Si](C)(C)N(c1c[c-]ccc1F)[Si](C)(C)C.Cc1cc(C(=O)O)n(-c2cccc(C#N)c2)n1.NCC1CC1.NCCNCCN.Nc1cc(C(O)c2ccncc2)ccc1F.O=Cc1ccncc1.O=S(Cl)Cl.[Br-].[C-]#[N+]c1cccc(-n2nc(C)cc2C(=O)Nc2cc(C(O)c3ccncc3)ccc2F)c1.[Mg+2]. The Labute approximate surface area is 846 Å². The number of pyridine rings is 4. The number of aliphatic hydroxyl groups is 3. The molecule has 7 aromatic heterocycles. The molecule has 0 radical (unpaired) electrons. The predicted molar refractivity (Wildman–Crippen MR) is 539 cm³/mol. The van der Waals surface area contributed by atoms with E-state index in [1.807, 2.05) is 37.3 Å². The minimum Gasteiger partial charge on any atom is -1.00 e. The van der Waals surface area contributed by atoms with Crippen LogP contribution in [0.5, 0.6) is 0 Å². The van der Waals surface area contributed by atoms with Gasteiger partial charge in [0.1, 0.15) is 69.9 Å². The summed E-state index contributed by atoms with van der Waals surface area (Å²) < 4.78 is 71.7. The summed E-state index contributed by atoms with van der Waals surface area (Å²) in [5.74, 6) is -2.69. The number of rotatable bonds is 25. The van der Waals surface area contributed by atoms with Gasteiger partial charge in [0.2, 0.25) is 9.23 Å². The molecule has 724 valence electrons. The number of ketones is 1. The van der Waals surface area contributed by atoms with E-state index in [4.69, 9.17) is 44.1 Å². The third-order valence-corrected chi connectivity index (χ3v) is 27.0. The van der Waals surface area contributed by atoms with Gasteiger partial charge in [-0.15, -0.1) is 6.07 Å². The van der Waals surface area contributed by atoms with Crippen LogP contribution < -0.4 is 54.8 Å². The van der Waals surface area contributed by atoms with E-state index in [9.17, 15) is 52.1 Å². The minimum absolute atomic E-state index is 0.